The summed E-state index contributed by atoms with van der Waals surface area (Å²) >= 11 is 0. The van der Waals surface area contributed by atoms with Crippen LogP contribution in [0.5, 0.6) is 0 Å². The van der Waals surface area contributed by atoms with Crippen LogP contribution in [0.2, 0.25) is 0 Å². The maximum absolute atomic E-state index is 9.54. The lowest BCUT2D eigenvalue weighted by atomic mass is 10.3. The highest BCUT2D eigenvalue weighted by atomic mass is 16.3. The van der Waals surface area contributed by atoms with Gasteiger partial charge in [-0.1, -0.05) is 12.1 Å². The molecule has 2 N–H and O–H groups in total. The minimum Gasteiger partial charge on any atom is -0.396 e. The van der Waals surface area contributed by atoms with Crippen molar-refractivity contribution in [3.05, 3.63) is 30.1 Å². The predicted octanol–water partition coefficient (Wildman–Crippen LogP) is 1.34. The zero-order valence-electron chi connectivity index (χ0n) is 10.0. The van der Waals surface area contributed by atoms with Crippen molar-refractivity contribution in [2.24, 2.45) is 0 Å². The van der Waals surface area contributed by atoms with Gasteiger partial charge in [-0.3, -0.25) is 0 Å². The van der Waals surface area contributed by atoms with Gasteiger partial charge < -0.3 is 14.8 Å². The van der Waals surface area contributed by atoms with Crippen molar-refractivity contribution in [3.8, 4) is 0 Å². The van der Waals surface area contributed by atoms with Crippen molar-refractivity contribution < 1.29 is 10.2 Å². The number of aromatic nitrogens is 2. The first-order chi connectivity index (χ1) is 8.22. The first-order valence-electron chi connectivity index (χ1n) is 5.95. The van der Waals surface area contributed by atoms with Crippen LogP contribution in [-0.2, 0) is 13.0 Å². The number of aliphatic hydroxyl groups is 2. The van der Waals surface area contributed by atoms with Crippen molar-refractivity contribution in [1.29, 1.82) is 0 Å². The summed E-state index contributed by atoms with van der Waals surface area (Å²) in [6.07, 6.45) is 1.03. The summed E-state index contributed by atoms with van der Waals surface area (Å²) in [6, 6.07) is 7.90. The average Bonchev–Trinajstić information content (AvgIpc) is 2.64. The van der Waals surface area contributed by atoms with Gasteiger partial charge in [-0.25, -0.2) is 4.98 Å². The van der Waals surface area contributed by atoms with E-state index in [1.165, 1.54) is 0 Å². The summed E-state index contributed by atoms with van der Waals surface area (Å²) in [5, 5.41) is 18.4. The number of fused-ring (bicyclic) bond motifs is 1. The number of nitrogens with zero attached hydrogens (tertiary/aromatic N) is 2. The highest BCUT2D eigenvalue weighted by molar-refractivity contribution is 5.75. The Balaban J connectivity index is 2.41. The summed E-state index contributed by atoms with van der Waals surface area (Å²) in [5.74, 6) is 0.932. The highest BCUT2D eigenvalue weighted by Gasteiger charge is 2.11. The summed E-state index contributed by atoms with van der Waals surface area (Å²) in [5.41, 5.74) is 1.99. The number of hydrogen-bond donors (Lipinski definition) is 2. The lowest BCUT2D eigenvalue weighted by molar-refractivity contribution is 0.173. The number of para-hydroxylation sites is 2. The molecule has 0 aliphatic rings. The first kappa shape index (κ1) is 12.1. The maximum Gasteiger partial charge on any atom is 0.110 e. The van der Waals surface area contributed by atoms with Gasteiger partial charge in [0.15, 0.2) is 0 Å². The Hall–Kier alpha value is -1.39. The summed E-state index contributed by atoms with van der Waals surface area (Å²) in [4.78, 5) is 4.54. The molecule has 4 nitrogen and oxygen atoms in total. The van der Waals surface area contributed by atoms with E-state index in [0.717, 1.165) is 23.3 Å². The molecule has 0 aliphatic heterocycles. The first-order valence-corrected chi connectivity index (χ1v) is 5.95. The number of imidazole rings is 1. The Morgan fingerprint density at radius 1 is 1.35 bits per heavy atom. The van der Waals surface area contributed by atoms with Gasteiger partial charge in [0.2, 0.25) is 0 Å². The number of aliphatic hydroxyl groups excluding tert-OH is 2. The molecule has 1 atom stereocenters. The second-order valence-electron chi connectivity index (χ2n) is 4.30. The molecule has 1 aromatic heterocycles. The van der Waals surface area contributed by atoms with E-state index in [-0.39, 0.29) is 6.61 Å². The third-order valence-corrected chi connectivity index (χ3v) is 2.74. The van der Waals surface area contributed by atoms with E-state index in [1.54, 1.807) is 6.92 Å². The molecule has 2 rings (SSSR count). The monoisotopic (exact) mass is 234 g/mol. The molecule has 0 fully saturated rings. The molecule has 1 heterocycles. The number of benzene rings is 1. The van der Waals surface area contributed by atoms with Crippen molar-refractivity contribution in [2.45, 2.75) is 32.4 Å². The molecule has 0 aliphatic carbocycles. The third kappa shape index (κ3) is 2.65. The Morgan fingerprint density at radius 2 is 2.12 bits per heavy atom. The quantitative estimate of drug-likeness (QED) is 0.821. The van der Waals surface area contributed by atoms with E-state index >= 15 is 0 Å². The van der Waals surface area contributed by atoms with E-state index in [2.05, 4.69) is 4.98 Å². The van der Waals surface area contributed by atoms with Gasteiger partial charge in [0, 0.05) is 13.0 Å². The van der Waals surface area contributed by atoms with Crippen LogP contribution < -0.4 is 0 Å². The molecule has 4 heteroatoms. The molecule has 1 unspecified atom stereocenters. The van der Waals surface area contributed by atoms with Crippen LogP contribution in [0.4, 0.5) is 0 Å². The Kier molecular flexibility index (Phi) is 3.76. The minimum atomic E-state index is -0.402. The molecular formula is C13H18N2O2. The standard InChI is InChI=1S/C13H18N2O2/c1-10(17)9-15-12-6-3-2-5-11(12)14-13(15)7-4-8-16/h2-3,5-6,10,16-17H,4,7-9H2,1H3. The van der Waals surface area contributed by atoms with Crippen LogP contribution in [0.15, 0.2) is 24.3 Å². The van der Waals surface area contributed by atoms with Crippen LogP contribution in [0.25, 0.3) is 11.0 Å². The Labute approximate surface area is 101 Å². The van der Waals surface area contributed by atoms with Gasteiger partial charge in [0.1, 0.15) is 5.82 Å². The smallest absolute Gasteiger partial charge is 0.110 e. The van der Waals surface area contributed by atoms with Crippen molar-refractivity contribution in [2.75, 3.05) is 6.61 Å². The van der Waals surface area contributed by atoms with Gasteiger partial charge in [-0.15, -0.1) is 0 Å². The van der Waals surface area contributed by atoms with Crippen molar-refractivity contribution >= 4 is 11.0 Å². The molecule has 0 radical (unpaired) electrons. The number of hydrogen-bond acceptors (Lipinski definition) is 3. The summed E-state index contributed by atoms with van der Waals surface area (Å²) in [6.45, 7) is 2.48. The van der Waals surface area contributed by atoms with Crippen LogP contribution in [-0.4, -0.2) is 32.5 Å². The van der Waals surface area contributed by atoms with Gasteiger partial charge in [-0.05, 0) is 25.5 Å². The van der Waals surface area contributed by atoms with Gasteiger partial charge >= 0.3 is 0 Å². The molecule has 2 aromatic rings. The van der Waals surface area contributed by atoms with E-state index in [0.29, 0.717) is 13.0 Å². The fourth-order valence-electron chi connectivity index (χ4n) is 2.02. The average molecular weight is 234 g/mol. The van der Waals surface area contributed by atoms with Crippen LogP contribution in [0.1, 0.15) is 19.2 Å². The third-order valence-electron chi connectivity index (χ3n) is 2.74. The van der Waals surface area contributed by atoms with Crippen LogP contribution in [0.3, 0.4) is 0 Å². The minimum absolute atomic E-state index is 0.165. The fourth-order valence-corrected chi connectivity index (χ4v) is 2.02. The zero-order chi connectivity index (χ0) is 12.3. The summed E-state index contributed by atoms with van der Waals surface area (Å²) in [7, 11) is 0. The Bertz CT molecular complexity index is 491. The fraction of sp³-hybridized carbons (Fsp3) is 0.462. The molecule has 17 heavy (non-hydrogen) atoms. The molecule has 0 spiro atoms. The van der Waals surface area contributed by atoms with E-state index in [9.17, 15) is 5.11 Å². The lowest BCUT2D eigenvalue weighted by Gasteiger charge is -2.10. The number of aryl methyl sites for hydroxylation is 1. The topological polar surface area (TPSA) is 58.3 Å². The second kappa shape index (κ2) is 5.29. The molecule has 0 saturated carbocycles. The Morgan fingerprint density at radius 3 is 2.82 bits per heavy atom. The highest BCUT2D eigenvalue weighted by Crippen LogP contribution is 2.17. The van der Waals surface area contributed by atoms with E-state index in [4.69, 9.17) is 5.11 Å². The van der Waals surface area contributed by atoms with Crippen LogP contribution in [0, 0.1) is 0 Å². The van der Waals surface area contributed by atoms with Gasteiger partial charge in [-0.2, -0.15) is 0 Å². The van der Waals surface area contributed by atoms with Gasteiger partial charge in [0.25, 0.3) is 0 Å². The molecular weight excluding hydrogens is 216 g/mol. The van der Waals surface area contributed by atoms with Crippen LogP contribution >= 0.6 is 0 Å². The number of rotatable bonds is 5. The van der Waals surface area contributed by atoms with Crippen molar-refractivity contribution in [3.63, 3.8) is 0 Å². The molecule has 92 valence electrons. The molecule has 0 amide bonds. The summed E-state index contributed by atoms with van der Waals surface area (Å²) < 4.78 is 2.04. The predicted molar refractivity (Wildman–Crippen MR) is 66.8 cm³/mol. The SMILES string of the molecule is CC(O)Cn1c(CCCO)nc2ccccc21. The van der Waals surface area contributed by atoms with Gasteiger partial charge in [0.05, 0.1) is 23.7 Å². The second-order valence-corrected chi connectivity index (χ2v) is 4.30. The zero-order valence-corrected chi connectivity index (χ0v) is 10.0. The maximum atomic E-state index is 9.54. The van der Waals surface area contributed by atoms with E-state index in [1.807, 2.05) is 28.8 Å². The molecule has 0 bridgehead atoms. The molecule has 1 aromatic carbocycles. The largest absolute Gasteiger partial charge is 0.396 e. The molecule has 0 saturated heterocycles. The van der Waals surface area contributed by atoms with Crippen molar-refractivity contribution in [1.82, 2.24) is 9.55 Å². The van der Waals surface area contributed by atoms with E-state index < -0.39 is 6.10 Å². The normalized spacial score (nSPS) is 13.1. The lowest BCUT2D eigenvalue weighted by Crippen LogP contribution is -2.14.